The highest BCUT2D eigenvalue weighted by molar-refractivity contribution is 7.67. The molecule has 2 aromatic carbocycles. The maximum Gasteiger partial charge on any atom is 0.264 e. The first-order chi connectivity index (χ1) is 17.0. The number of aliphatic hydroxyl groups excluding tert-OH is 1. The predicted octanol–water partition coefficient (Wildman–Crippen LogP) is 5.85. The average Bonchev–Trinajstić information content (AvgIpc) is 2.87. The molecule has 1 fully saturated rings. The molecule has 0 amide bonds. The van der Waals surface area contributed by atoms with Gasteiger partial charge < -0.3 is 28.7 Å². The second kappa shape index (κ2) is 11.9. The van der Waals surface area contributed by atoms with Crippen molar-refractivity contribution >= 4 is 18.4 Å². The Hall–Kier alpha value is -2.21. The summed E-state index contributed by atoms with van der Waals surface area (Å²) in [6.07, 6.45) is 2.73. The van der Waals surface area contributed by atoms with Gasteiger partial charge in [-0.2, -0.15) is 0 Å². The third kappa shape index (κ3) is 5.85. The van der Waals surface area contributed by atoms with Gasteiger partial charge in [-0.15, -0.1) is 0 Å². The number of hydrogen-bond donors (Lipinski definition) is 1. The minimum atomic E-state index is -3.81. The van der Waals surface area contributed by atoms with Crippen molar-refractivity contribution in [3.63, 3.8) is 0 Å². The van der Waals surface area contributed by atoms with Crippen molar-refractivity contribution in [2.75, 3.05) is 40.3 Å². The van der Waals surface area contributed by atoms with E-state index in [9.17, 15) is 9.67 Å². The Morgan fingerprint density at radius 1 is 0.972 bits per heavy atom. The van der Waals surface area contributed by atoms with Crippen LogP contribution in [-0.4, -0.2) is 46.6 Å². The summed E-state index contributed by atoms with van der Waals surface area (Å²) in [6, 6.07) is 10.7. The van der Waals surface area contributed by atoms with Crippen LogP contribution in [0.2, 0.25) is 0 Å². The number of aliphatic hydroxyl groups is 1. The van der Waals surface area contributed by atoms with E-state index in [0.29, 0.717) is 40.0 Å². The molecular weight excluding hydrogens is 477 g/mol. The van der Waals surface area contributed by atoms with Crippen LogP contribution in [0.25, 0.3) is 0 Å². The van der Waals surface area contributed by atoms with Crippen LogP contribution in [0.4, 0.5) is 5.69 Å². The van der Waals surface area contributed by atoms with Gasteiger partial charge in [-0.3, -0.25) is 4.57 Å². The highest BCUT2D eigenvalue weighted by atomic mass is 31.2. The second-order valence-electron chi connectivity index (χ2n) is 10.3. The van der Waals surface area contributed by atoms with Crippen molar-refractivity contribution in [2.45, 2.75) is 52.0 Å². The molecule has 1 N–H and O–H groups in total. The summed E-state index contributed by atoms with van der Waals surface area (Å²) in [7, 11) is 4.64. The molecule has 0 heterocycles. The van der Waals surface area contributed by atoms with E-state index in [1.165, 1.54) is 21.3 Å². The van der Waals surface area contributed by atoms with Gasteiger partial charge in [0.25, 0.3) is 7.37 Å². The lowest BCUT2D eigenvalue weighted by atomic mass is 9.75. The standard InChI is InChI=1S/C28H42NO6P/c1-18(2)23-14-9-19(3)15-24(23)35-36(31,22-12-10-21(11-13-22)29(4)5)28(30)20-16-25(32-6)27(34-8)26(17-20)33-7/h10-13,16-19,23-24,28,30H,9,14-15H2,1-8H3/t19-,23-,24-,28+,36+/m1/s1. The van der Waals surface area contributed by atoms with Gasteiger partial charge in [0.05, 0.1) is 27.4 Å². The van der Waals surface area contributed by atoms with Crippen LogP contribution < -0.4 is 24.4 Å². The fraction of sp³-hybridized carbons (Fsp3) is 0.571. The second-order valence-corrected chi connectivity index (χ2v) is 12.7. The Morgan fingerprint density at radius 3 is 2.03 bits per heavy atom. The SMILES string of the molecule is COc1cc([C@@H](O)[P@@](=O)(O[C@@H]2C[C@H](C)CC[C@@H]2C(C)C)c2ccc(N(C)C)cc2)cc(OC)c1OC. The zero-order valence-electron chi connectivity index (χ0n) is 22.9. The van der Waals surface area contributed by atoms with Crippen molar-refractivity contribution in [2.24, 2.45) is 17.8 Å². The van der Waals surface area contributed by atoms with Crippen LogP contribution in [0.5, 0.6) is 17.2 Å². The van der Waals surface area contributed by atoms with Crippen molar-refractivity contribution in [1.82, 2.24) is 0 Å². The van der Waals surface area contributed by atoms with E-state index in [0.717, 1.165) is 24.9 Å². The number of benzene rings is 2. The smallest absolute Gasteiger partial charge is 0.264 e. The minimum Gasteiger partial charge on any atom is -0.493 e. The lowest BCUT2D eigenvalue weighted by Gasteiger charge is -2.40. The Morgan fingerprint density at radius 2 is 1.56 bits per heavy atom. The first kappa shape index (κ1) is 28.4. The number of rotatable bonds is 10. The number of methoxy groups -OCH3 is 3. The van der Waals surface area contributed by atoms with Gasteiger partial charge in [0.1, 0.15) is 0 Å². The molecule has 0 unspecified atom stereocenters. The maximum atomic E-state index is 14.9. The van der Waals surface area contributed by atoms with E-state index in [2.05, 4.69) is 20.8 Å². The third-order valence-corrected chi connectivity index (χ3v) is 9.83. The summed E-state index contributed by atoms with van der Waals surface area (Å²) in [5, 5.41) is 12.2. The molecule has 5 atom stereocenters. The van der Waals surface area contributed by atoms with Gasteiger partial charge in [-0.25, -0.2) is 0 Å². The summed E-state index contributed by atoms with van der Waals surface area (Å²) in [5.41, 5.74) is 1.35. The summed E-state index contributed by atoms with van der Waals surface area (Å²) in [5.74, 6) is 0.865. The summed E-state index contributed by atoms with van der Waals surface area (Å²) >= 11 is 0. The van der Waals surface area contributed by atoms with Gasteiger partial charge in [0.15, 0.2) is 17.3 Å². The monoisotopic (exact) mass is 519 g/mol. The van der Waals surface area contributed by atoms with Gasteiger partial charge >= 0.3 is 0 Å². The quantitative estimate of drug-likeness (QED) is 0.395. The molecule has 0 aliphatic heterocycles. The van der Waals surface area contributed by atoms with E-state index in [4.69, 9.17) is 18.7 Å². The molecule has 1 aliphatic rings. The van der Waals surface area contributed by atoms with Crippen molar-refractivity contribution in [3.8, 4) is 17.2 Å². The fourth-order valence-corrected chi connectivity index (χ4v) is 7.37. The summed E-state index contributed by atoms with van der Waals surface area (Å²) < 4.78 is 37.9. The highest BCUT2D eigenvalue weighted by Crippen LogP contribution is 2.61. The molecule has 0 aromatic heterocycles. The molecule has 0 saturated heterocycles. The molecule has 0 radical (unpaired) electrons. The minimum absolute atomic E-state index is 0.218. The van der Waals surface area contributed by atoms with Crippen LogP contribution in [-0.2, 0) is 9.09 Å². The zero-order chi connectivity index (χ0) is 26.6. The Balaban J connectivity index is 2.13. The van der Waals surface area contributed by atoms with Crippen LogP contribution in [0.1, 0.15) is 51.4 Å². The molecular formula is C28H42NO6P. The third-order valence-electron chi connectivity index (χ3n) is 7.29. The molecule has 1 aliphatic carbocycles. The molecule has 0 spiro atoms. The first-order valence-corrected chi connectivity index (χ1v) is 14.3. The van der Waals surface area contributed by atoms with Gasteiger partial charge in [0.2, 0.25) is 5.75 Å². The summed E-state index contributed by atoms with van der Waals surface area (Å²) in [6.45, 7) is 6.58. The molecule has 2 aromatic rings. The van der Waals surface area contributed by atoms with Gasteiger partial charge in [-0.05, 0) is 72.6 Å². The Labute approximate surface area is 216 Å². The molecule has 3 rings (SSSR count). The normalized spacial score (nSPS) is 22.6. The fourth-order valence-electron chi connectivity index (χ4n) is 5.10. The van der Waals surface area contributed by atoms with E-state index in [-0.39, 0.29) is 12.0 Å². The van der Waals surface area contributed by atoms with Crippen molar-refractivity contribution < 1.29 is 28.4 Å². The van der Waals surface area contributed by atoms with Crippen molar-refractivity contribution in [3.05, 3.63) is 42.0 Å². The highest BCUT2D eigenvalue weighted by Gasteiger charge is 2.43. The lowest BCUT2D eigenvalue weighted by molar-refractivity contribution is 0.0427. The lowest BCUT2D eigenvalue weighted by Crippen LogP contribution is -2.35. The average molecular weight is 520 g/mol. The molecule has 36 heavy (non-hydrogen) atoms. The number of anilines is 1. The number of nitrogens with zero attached hydrogens (tertiary/aromatic N) is 1. The van der Waals surface area contributed by atoms with Crippen LogP contribution >= 0.6 is 7.37 Å². The van der Waals surface area contributed by atoms with Gasteiger partial charge in [-0.1, -0.05) is 27.2 Å². The molecule has 7 nitrogen and oxygen atoms in total. The first-order valence-electron chi connectivity index (χ1n) is 12.6. The predicted molar refractivity (Wildman–Crippen MR) is 145 cm³/mol. The van der Waals surface area contributed by atoms with E-state index >= 15 is 0 Å². The number of hydrogen-bond acceptors (Lipinski definition) is 7. The van der Waals surface area contributed by atoms with Crippen molar-refractivity contribution in [1.29, 1.82) is 0 Å². The zero-order valence-corrected chi connectivity index (χ0v) is 23.7. The van der Waals surface area contributed by atoms with Crippen LogP contribution in [0.3, 0.4) is 0 Å². The van der Waals surface area contributed by atoms with E-state index in [1.54, 1.807) is 24.3 Å². The van der Waals surface area contributed by atoms with Crippen LogP contribution in [0, 0.1) is 17.8 Å². The molecule has 8 heteroatoms. The van der Waals surface area contributed by atoms with E-state index < -0.39 is 13.2 Å². The largest absolute Gasteiger partial charge is 0.493 e. The Bertz CT molecular complexity index is 1030. The molecule has 0 bridgehead atoms. The number of ether oxygens (including phenoxy) is 3. The van der Waals surface area contributed by atoms with Crippen LogP contribution in [0.15, 0.2) is 36.4 Å². The molecule has 200 valence electrons. The Kier molecular flexibility index (Phi) is 9.37. The topological polar surface area (TPSA) is 77.5 Å². The van der Waals surface area contributed by atoms with Gasteiger partial charge in [0, 0.05) is 25.1 Å². The summed E-state index contributed by atoms with van der Waals surface area (Å²) in [4.78, 5) is 1.98. The molecule has 1 saturated carbocycles. The maximum absolute atomic E-state index is 14.9. The van der Waals surface area contributed by atoms with E-state index in [1.807, 2.05) is 31.1 Å².